The van der Waals surface area contributed by atoms with Gasteiger partial charge >= 0.3 is 0 Å². The van der Waals surface area contributed by atoms with Gasteiger partial charge in [0, 0.05) is 6.04 Å². The maximum absolute atomic E-state index is 8.78. The van der Waals surface area contributed by atoms with Crippen molar-refractivity contribution in [2.24, 2.45) is 5.73 Å². The maximum atomic E-state index is 8.78. The molecule has 0 saturated heterocycles. The van der Waals surface area contributed by atoms with Crippen molar-refractivity contribution < 1.29 is 5.11 Å². The van der Waals surface area contributed by atoms with E-state index < -0.39 is 0 Å². The molecule has 0 aliphatic rings. The van der Waals surface area contributed by atoms with E-state index in [4.69, 9.17) is 10.8 Å². The van der Waals surface area contributed by atoms with Crippen molar-refractivity contribution >= 4 is 0 Å². The molecule has 0 spiro atoms. The van der Waals surface area contributed by atoms with Crippen molar-refractivity contribution in [3.8, 4) is 0 Å². The molecule has 0 rings (SSSR count). The Labute approximate surface area is 126 Å². The largest absolute Gasteiger partial charge is 0.395 e. The number of aliphatic hydroxyl groups is 1. The van der Waals surface area contributed by atoms with Crippen LogP contribution in [0.1, 0.15) is 90.4 Å². The van der Waals surface area contributed by atoms with E-state index in [-0.39, 0.29) is 12.6 Å². The number of unbranched alkanes of at least 4 members (excludes halogenated alkanes) is 11. The van der Waals surface area contributed by atoms with Crippen molar-refractivity contribution in [3.05, 3.63) is 12.2 Å². The number of nitrogens with two attached hydrogens (primary N) is 1. The quantitative estimate of drug-likeness (QED) is 0.330. The molecular formula is C18H37NO. The number of hydrogen-bond donors (Lipinski definition) is 2. The van der Waals surface area contributed by atoms with Gasteiger partial charge in [0.25, 0.3) is 0 Å². The molecule has 0 saturated carbocycles. The maximum Gasteiger partial charge on any atom is 0.0585 e. The van der Waals surface area contributed by atoms with E-state index in [1.807, 2.05) is 0 Å². The Kier molecular flexibility index (Phi) is 16.4. The molecule has 0 radical (unpaired) electrons. The molecule has 0 aliphatic heterocycles. The molecule has 0 unspecified atom stereocenters. The fourth-order valence-electron chi connectivity index (χ4n) is 2.39. The summed E-state index contributed by atoms with van der Waals surface area (Å²) in [5.74, 6) is 0. The summed E-state index contributed by atoms with van der Waals surface area (Å²) in [7, 11) is 0. The normalized spacial score (nSPS) is 13.2. The Morgan fingerprint density at radius 1 is 0.800 bits per heavy atom. The number of rotatable bonds is 15. The van der Waals surface area contributed by atoms with Gasteiger partial charge in [-0.15, -0.1) is 0 Å². The van der Waals surface area contributed by atoms with Gasteiger partial charge in [-0.05, 0) is 19.3 Å². The van der Waals surface area contributed by atoms with Gasteiger partial charge in [0.15, 0.2) is 0 Å². The Bertz CT molecular complexity index is 204. The van der Waals surface area contributed by atoms with Crippen LogP contribution in [0.25, 0.3) is 0 Å². The third-order valence-electron chi connectivity index (χ3n) is 3.81. The van der Waals surface area contributed by atoms with E-state index >= 15 is 0 Å². The molecule has 0 aliphatic carbocycles. The fourth-order valence-corrected chi connectivity index (χ4v) is 2.39. The molecule has 0 amide bonds. The number of hydrogen-bond acceptors (Lipinski definition) is 2. The van der Waals surface area contributed by atoms with Crippen LogP contribution in [0.4, 0.5) is 0 Å². The van der Waals surface area contributed by atoms with Crippen molar-refractivity contribution in [2.45, 2.75) is 96.4 Å². The molecule has 0 bridgehead atoms. The molecule has 20 heavy (non-hydrogen) atoms. The third-order valence-corrected chi connectivity index (χ3v) is 3.81. The average Bonchev–Trinajstić information content (AvgIpc) is 2.47. The van der Waals surface area contributed by atoms with Gasteiger partial charge in [0.2, 0.25) is 0 Å². The van der Waals surface area contributed by atoms with E-state index in [0.29, 0.717) is 0 Å². The minimum atomic E-state index is -0.0800. The van der Waals surface area contributed by atoms with Gasteiger partial charge in [-0.3, -0.25) is 0 Å². The minimum absolute atomic E-state index is 0.0800. The van der Waals surface area contributed by atoms with Gasteiger partial charge in [-0.25, -0.2) is 0 Å². The molecule has 0 fully saturated rings. The first-order valence-electron chi connectivity index (χ1n) is 8.82. The second kappa shape index (κ2) is 16.7. The summed E-state index contributed by atoms with van der Waals surface area (Å²) in [6.45, 7) is 2.36. The first-order valence-corrected chi connectivity index (χ1v) is 8.82. The van der Waals surface area contributed by atoms with Crippen molar-refractivity contribution in [1.82, 2.24) is 0 Å². The van der Waals surface area contributed by atoms with E-state index in [9.17, 15) is 0 Å². The van der Waals surface area contributed by atoms with E-state index in [1.54, 1.807) is 0 Å². The molecule has 2 nitrogen and oxygen atoms in total. The lowest BCUT2D eigenvalue weighted by atomic mass is 10.1. The monoisotopic (exact) mass is 283 g/mol. The highest BCUT2D eigenvalue weighted by atomic mass is 16.3. The second-order valence-electron chi connectivity index (χ2n) is 5.97. The van der Waals surface area contributed by atoms with Gasteiger partial charge in [-0.1, -0.05) is 83.3 Å². The molecule has 2 heteroatoms. The molecule has 0 heterocycles. The van der Waals surface area contributed by atoms with E-state index in [1.165, 1.54) is 70.6 Å². The standard InChI is InChI=1S/C18H37NO/c1-2-3-4-5-6-7-8-9-10-11-12-13-14-15-16-18(19)17-20/h14-15,18,20H,2-13,16-17,19H2,1H3/t18-/m0/s1. The van der Waals surface area contributed by atoms with Crippen molar-refractivity contribution in [2.75, 3.05) is 6.61 Å². The highest BCUT2D eigenvalue weighted by Crippen LogP contribution is 2.12. The zero-order chi connectivity index (χ0) is 14.9. The first kappa shape index (κ1) is 19.7. The van der Waals surface area contributed by atoms with Crippen LogP contribution in [0, 0.1) is 0 Å². The van der Waals surface area contributed by atoms with E-state index in [0.717, 1.165) is 12.8 Å². The summed E-state index contributed by atoms with van der Waals surface area (Å²) in [6.07, 6.45) is 21.7. The van der Waals surface area contributed by atoms with Crippen LogP contribution in [0.2, 0.25) is 0 Å². The first-order chi connectivity index (χ1) is 9.81. The SMILES string of the molecule is CCCCCCCCCCCCCC=CC[C@H](N)CO. The molecule has 0 aromatic rings. The molecule has 1 atom stereocenters. The van der Waals surface area contributed by atoms with Crippen LogP contribution in [0.5, 0.6) is 0 Å². The smallest absolute Gasteiger partial charge is 0.0585 e. The Morgan fingerprint density at radius 3 is 1.80 bits per heavy atom. The lowest BCUT2D eigenvalue weighted by Gasteiger charge is -2.03. The number of aliphatic hydroxyl groups excluding tert-OH is 1. The summed E-state index contributed by atoms with van der Waals surface area (Å²) in [4.78, 5) is 0. The lowest BCUT2D eigenvalue weighted by Crippen LogP contribution is -2.22. The third kappa shape index (κ3) is 15.7. The van der Waals surface area contributed by atoms with Crippen molar-refractivity contribution in [3.63, 3.8) is 0 Å². The summed E-state index contributed by atoms with van der Waals surface area (Å²) in [6, 6.07) is -0.0800. The molecule has 3 N–H and O–H groups in total. The lowest BCUT2D eigenvalue weighted by molar-refractivity contribution is 0.266. The van der Waals surface area contributed by atoms with Crippen LogP contribution in [-0.2, 0) is 0 Å². The average molecular weight is 284 g/mol. The fraction of sp³-hybridized carbons (Fsp3) is 0.889. The van der Waals surface area contributed by atoms with Gasteiger partial charge in [-0.2, -0.15) is 0 Å². The topological polar surface area (TPSA) is 46.2 Å². The van der Waals surface area contributed by atoms with Gasteiger partial charge in [0.1, 0.15) is 0 Å². The Balaban J connectivity index is 3.06. The van der Waals surface area contributed by atoms with Gasteiger partial charge in [0.05, 0.1) is 6.61 Å². The van der Waals surface area contributed by atoms with E-state index in [2.05, 4.69) is 19.1 Å². The molecule has 0 aromatic heterocycles. The van der Waals surface area contributed by atoms with Crippen molar-refractivity contribution in [1.29, 1.82) is 0 Å². The summed E-state index contributed by atoms with van der Waals surface area (Å²) in [5, 5.41) is 8.78. The molecule has 0 aromatic carbocycles. The van der Waals surface area contributed by atoms with Crippen LogP contribution in [0.15, 0.2) is 12.2 Å². The number of allylic oxidation sites excluding steroid dienone is 1. The summed E-state index contributed by atoms with van der Waals surface area (Å²) < 4.78 is 0. The van der Waals surface area contributed by atoms with Crippen LogP contribution >= 0.6 is 0 Å². The predicted octanol–water partition coefficient (Wildman–Crippen LogP) is 4.95. The minimum Gasteiger partial charge on any atom is -0.395 e. The van der Waals surface area contributed by atoms with Crippen LogP contribution in [-0.4, -0.2) is 17.8 Å². The van der Waals surface area contributed by atoms with Crippen LogP contribution in [0.3, 0.4) is 0 Å². The molecular weight excluding hydrogens is 246 g/mol. The highest BCUT2D eigenvalue weighted by molar-refractivity contribution is 4.85. The zero-order valence-electron chi connectivity index (χ0n) is 13.7. The Hall–Kier alpha value is -0.340. The summed E-state index contributed by atoms with van der Waals surface area (Å²) in [5.41, 5.74) is 5.62. The predicted molar refractivity (Wildman–Crippen MR) is 89.9 cm³/mol. The Morgan fingerprint density at radius 2 is 1.30 bits per heavy atom. The highest BCUT2D eigenvalue weighted by Gasteiger charge is 1.95. The second-order valence-corrected chi connectivity index (χ2v) is 5.97. The molecule has 120 valence electrons. The zero-order valence-corrected chi connectivity index (χ0v) is 13.7. The summed E-state index contributed by atoms with van der Waals surface area (Å²) >= 11 is 0. The van der Waals surface area contributed by atoms with Crippen LogP contribution < -0.4 is 5.73 Å². The van der Waals surface area contributed by atoms with Gasteiger partial charge < -0.3 is 10.8 Å².